The van der Waals surface area contributed by atoms with Crippen LogP contribution in [0, 0.1) is 0 Å². The maximum absolute atomic E-state index is 9.23. The Hall–Kier alpha value is -1.26. The van der Waals surface area contributed by atoms with Gasteiger partial charge < -0.3 is 15.2 Å². The Morgan fingerprint density at radius 2 is 1.91 bits per heavy atom. The van der Waals surface area contributed by atoms with Crippen molar-refractivity contribution in [2.75, 3.05) is 6.54 Å². The minimum Gasteiger partial charge on any atom is -0.489 e. The largest absolute Gasteiger partial charge is 0.489 e. The summed E-state index contributed by atoms with van der Waals surface area (Å²) in [5.41, 5.74) is 2.07. The zero-order valence-electron chi connectivity index (χ0n) is 12.4. The Balaban J connectivity index is 1.91. The third kappa shape index (κ3) is 5.50. The second-order valence-corrected chi connectivity index (χ2v) is 5.98. The molecule has 0 aliphatic rings. The van der Waals surface area contributed by atoms with E-state index in [9.17, 15) is 5.11 Å². The van der Waals surface area contributed by atoms with Crippen molar-refractivity contribution < 1.29 is 9.84 Å². The van der Waals surface area contributed by atoms with Crippen LogP contribution in [-0.2, 0) is 13.2 Å². The third-order valence-electron chi connectivity index (χ3n) is 3.06. The zero-order chi connectivity index (χ0) is 15.9. The Morgan fingerprint density at radius 3 is 2.64 bits per heavy atom. The van der Waals surface area contributed by atoms with E-state index in [0.29, 0.717) is 29.7 Å². The summed E-state index contributed by atoms with van der Waals surface area (Å²) in [5.74, 6) is 0.794. The van der Waals surface area contributed by atoms with Crippen molar-refractivity contribution in [2.24, 2.45) is 0 Å². The van der Waals surface area contributed by atoms with E-state index in [-0.39, 0.29) is 6.10 Å². The number of benzene rings is 2. The van der Waals surface area contributed by atoms with E-state index in [1.807, 2.05) is 30.3 Å². The second kappa shape index (κ2) is 8.39. The molecule has 0 radical (unpaired) electrons. The van der Waals surface area contributed by atoms with Crippen LogP contribution < -0.4 is 10.1 Å². The van der Waals surface area contributed by atoms with Crippen LogP contribution in [0.15, 0.2) is 42.5 Å². The molecule has 3 nitrogen and oxygen atoms in total. The van der Waals surface area contributed by atoms with Gasteiger partial charge in [-0.25, -0.2) is 0 Å². The van der Waals surface area contributed by atoms with Gasteiger partial charge in [-0.05, 0) is 42.3 Å². The predicted molar refractivity (Wildman–Crippen MR) is 90.6 cm³/mol. The van der Waals surface area contributed by atoms with Crippen LogP contribution in [-0.4, -0.2) is 17.8 Å². The number of halogens is 2. The highest BCUT2D eigenvalue weighted by molar-refractivity contribution is 6.42. The van der Waals surface area contributed by atoms with E-state index in [2.05, 4.69) is 5.32 Å². The van der Waals surface area contributed by atoms with Crippen LogP contribution >= 0.6 is 23.2 Å². The number of nitrogens with one attached hydrogen (secondary N) is 1. The topological polar surface area (TPSA) is 41.5 Å². The van der Waals surface area contributed by atoms with Crippen LogP contribution in [0.3, 0.4) is 0 Å². The summed E-state index contributed by atoms with van der Waals surface area (Å²) >= 11 is 11.9. The van der Waals surface area contributed by atoms with Gasteiger partial charge >= 0.3 is 0 Å². The molecule has 0 amide bonds. The summed E-state index contributed by atoms with van der Waals surface area (Å²) < 4.78 is 5.78. The van der Waals surface area contributed by atoms with Crippen molar-refractivity contribution in [3.63, 3.8) is 0 Å². The summed E-state index contributed by atoms with van der Waals surface area (Å²) in [6, 6.07) is 13.3. The average molecular weight is 340 g/mol. The molecule has 2 rings (SSSR count). The normalized spacial score (nSPS) is 12.2. The smallest absolute Gasteiger partial charge is 0.120 e. The molecule has 0 aliphatic heterocycles. The van der Waals surface area contributed by atoms with Gasteiger partial charge in [0, 0.05) is 13.1 Å². The fraction of sp³-hybridized carbons (Fsp3) is 0.294. The molecular formula is C17H19Cl2NO2. The van der Waals surface area contributed by atoms with Gasteiger partial charge in [0.25, 0.3) is 0 Å². The first-order valence-electron chi connectivity index (χ1n) is 7.09. The van der Waals surface area contributed by atoms with Gasteiger partial charge in [-0.3, -0.25) is 0 Å². The first kappa shape index (κ1) is 17.1. The molecule has 0 spiro atoms. The number of hydrogen-bond donors (Lipinski definition) is 2. The summed E-state index contributed by atoms with van der Waals surface area (Å²) in [4.78, 5) is 0. The first-order chi connectivity index (χ1) is 10.5. The Labute approximate surface area is 140 Å². The van der Waals surface area contributed by atoms with Crippen LogP contribution in [0.25, 0.3) is 0 Å². The summed E-state index contributed by atoms with van der Waals surface area (Å²) in [6.07, 6.45) is -0.353. The molecule has 0 aliphatic carbocycles. The molecule has 5 heteroatoms. The van der Waals surface area contributed by atoms with Crippen LogP contribution in [0.2, 0.25) is 10.0 Å². The molecular weight excluding hydrogens is 321 g/mol. The van der Waals surface area contributed by atoms with Gasteiger partial charge in [0.15, 0.2) is 0 Å². The molecule has 1 atom stereocenters. The average Bonchev–Trinajstić information content (AvgIpc) is 2.49. The van der Waals surface area contributed by atoms with E-state index < -0.39 is 0 Å². The lowest BCUT2D eigenvalue weighted by Crippen LogP contribution is -2.23. The van der Waals surface area contributed by atoms with Crippen molar-refractivity contribution in [1.82, 2.24) is 5.32 Å². The lowest BCUT2D eigenvalue weighted by atomic mass is 10.2. The molecule has 0 heterocycles. The van der Waals surface area contributed by atoms with Gasteiger partial charge in [-0.2, -0.15) is 0 Å². The molecule has 22 heavy (non-hydrogen) atoms. The van der Waals surface area contributed by atoms with Crippen molar-refractivity contribution >= 4 is 23.2 Å². The van der Waals surface area contributed by atoms with E-state index in [1.54, 1.807) is 19.1 Å². The summed E-state index contributed by atoms with van der Waals surface area (Å²) in [7, 11) is 0. The number of rotatable bonds is 7. The second-order valence-electron chi connectivity index (χ2n) is 5.16. The lowest BCUT2D eigenvalue weighted by Gasteiger charge is -2.10. The maximum Gasteiger partial charge on any atom is 0.120 e. The fourth-order valence-corrected chi connectivity index (χ4v) is 2.29. The molecule has 0 saturated carbocycles. The number of ether oxygens (including phenoxy) is 1. The van der Waals surface area contributed by atoms with Gasteiger partial charge in [0.1, 0.15) is 12.4 Å². The number of aliphatic hydroxyl groups is 1. The van der Waals surface area contributed by atoms with E-state index in [4.69, 9.17) is 27.9 Å². The molecule has 0 fully saturated rings. The fourth-order valence-electron chi connectivity index (χ4n) is 1.97. The predicted octanol–water partition coefficient (Wildman–Crippen LogP) is 4.04. The highest BCUT2D eigenvalue weighted by atomic mass is 35.5. The Bertz CT molecular complexity index is 617. The third-order valence-corrected chi connectivity index (χ3v) is 3.80. The van der Waals surface area contributed by atoms with Gasteiger partial charge in [0.05, 0.1) is 16.1 Å². The van der Waals surface area contributed by atoms with Crippen molar-refractivity contribution in [2.45, 2.75) is 26.2 Å². The van der Waals surface area contributed by atoms with E-state index in [0.717, 1.165) is 16.9 Å². The maximum atomic E-state index is 9.23. The number of aliphatic hydroxyl groups excluding tert-OH is 1. The van der Waals surface area contributed by atoms with Crippen LogP contribution in [0.1, 0.15) is 18.1 Å². The van der Waals surface area contributed by atoms with Crippen LogP contribution in [0.4, 0.5) is 0 Å². The number of hydrogen-bond acceptors (Lipinski definition) is 3. The van der Waals surface area contributed by atoms with E-state index >= 15 is 0 Å². The quantitative estimate of drug-likeness (QED) is 0.799. The van der Waals surface area contributed by atoms with Crippen molar-refractivity contribution in [3.05, 3.63) is 63.6 Å². The highest BCUT2D eigenvalue weighted by Gasteiger charge is 2.02. The Morgan fingerprint density at radius 1 is 1.09 bits per heavy atom. The monoisotopic (exact) mass is 339 g/mol. The standard InChI is InChI=1S/C17H19Cl2NO2/c1-12(21)9-20-10-13-3-2-4-15(7-13)22-11-14-5-6-16(18)17(19)8-14/h2-8,12,20-21H,9-11H2,1H3/t12-/m1/s1. The molecule has 118 valence electrons. The van der Waals surface area contributed by atoms with Gasteiger partial charge in [-0.15, -0.1) is 0 Å². The first-order valence-corrected chi connectivity index (χ1v) is 7.84. The van der Waals surface area contributed by atoms with Crippen molar-refractivity contribution in [3.8, 4) is 5.75 Å². The lowest BCUT2D eigenvalue weighted by molar-refractivity contribution is 0.191. The molecule has 2 aromatic rings. The Kier molecular flexibility index (Phi) is 6.52. The minimum atomic E-state index is -0.353. The molecule has 0 aromatic heterocycles. The SMILES string of the molecule is C[C@@H](O)CNCc1cccc(OCc2ccc(Cl)c(Cl)c2)c1. The minimum absolute atomic E-state index is 0.353. The molecule has 0 unspecified atom stereocenters. The van der Waals surface area contributed by atoms with E-state index in [1.165, 1.54) is 0 Å². The van der Waals surface area contributed by atoms with Gasteiger partial charge in [-0.1, -0.05) is 41.4 Å². The zero-order valence-corrected chi connectivity index (χ0v) is 13.9. The molecule has 0 bridgehead atoms. The van der Waals surface area contributed by atoms with Crippen molar-refractivity contribution in [1.29, 1.82) is 0 Å². The van der Waals surface area contributed by atoms with Gasteiger partial charge in [0.2, 0.25) is 0 Å². The highest BCUT2D eigenvalue weighted by Crippen LogP contribution is 2.23. The molecule has 2 aromatic carbocycles. The summed E-state index contributed by atoms with van der Waals surface area (Å²) in [6.45, 7) is 3.44. The molecule has 0 saturated heterocycles. The summed E-state index contributed by atoms with van der Waals surface area (Å²) in [5, 5.41) is 13.5. The molecule has 2 N–H and O–H groups in total. The van der Waals surface area contributed by atoms with Crippen LogP contribution in [0.5, 0.6) is 5.75 Å².